The van der Waals surface area contributed by atoms with Gasteiger partial charge in [-0.15, -0.1) is 0 Å². The molecule has 4 atom stereocenters. The first-order chi connectivity index (χ1) is 13.9. The molecule has 4 aliphatic carbocycles. The van der Waals surface area contributed by atoms with Crippen LogP contribution in [0.2, 0.25) is 0 Å². The number of amides is 2. The molecular formula is C24H32N2O3. The number of fused-ring (bicyclic) bond motifs is 1. The highest BCUT2D eigenvalue weighted by molar-refractivity contribution is 5.79. The smallest absolute Gasteiger partial charge is 0.320 e. The molecule has 6 fully saturated rings. The molecule has 2 aliphatic heterocycles. The fraction of sp³-hybridized carbons (Fsp3) is 0.708. The average molecular weight is 397 g/mol. The number of benzene rings is 1. The summed E-state index contributed by atoms with van der Waals surface area (Å²) in [6.45, 7) is 4.37. The quantitative estimate of drug-likeness (QED) is 0.849. The van der Waals surface area contributed by atoms with Crippen molar-refractivity contribution in [3.05, 3.63) is 35.9 Å². The molecule has 0 spiro atoms. The summed E-state index contributed by atoms with van der Waals surface area (Å²) in [5, 5.41) is 10.9. The Labute approximate surface area is 173 Å². The van der Waals surface area contributed by atoms with E-state index in [1.54, 1.807) is 0 Å². The largest absolute Gasteiger partial charge is 0.390 e. The predicted molar refractivity (Wildman–Crippen MR) is 109 cm³/mol. The van der Waals surface area contributed by atoms with Gasteiger partial charge in [-0.1, -0.05) is 30.3 Å². The minimum Gasteiger partial charge on any atom is -0.390 e. The standard InChI is InChI=1S/C24H32N2O3/c1-23-12-20(29-14-16-5-3-2-4-6-16)13-26(23)22(27)25(15-23)21-18-7-17-8-19(21)11-24(28,9-17)10-18/h2-6,17-21,28H,7-15H2,1H3/t17?,18?,19?,20-,21?,23?,24?/m1/s1. The number of nitrogens with zero attached hydrogens (tertiary/aromatic N) is 2. The zero-order chi connectivity index (χ0) is 19.8. The Morgan fingerprint density at radius 2 is 1.83 bits per heavy atom. The lowest BCUT2D eigenvalue weighted by atomic mass is 9.52. The highest BCUT2D eigenvalue weighted by Gasteiger charge is 2.61. The van der Waals surface area contributed by atoms with E-state index < -0.39 is 5.60 Å². The highest BCUT2D eigenvalue weighted by atomic mass is 16.5. The van der Waals surface area contributed by atoms with E-state index in [2.05, 4.69) is 28.9 Å². The molecule has 6 aliphatic rings. The Morgan fingerprint density at radius 1 is 1.10 bits per heavy atom. The monoisotopic (exact) mass is 396 g/mol. The molecule has 4 bridgehead atoms. The first kappa shape index (κ1) is 18.2. The van der Waals surface area contributed by atoms with Crippen LogP contribution in [0, 0.1) is 17.8 Å². The van der Waals surface area contributed by atoms with Gasteiger partial charge in [0.25, 0.3) is 0 Å². The van der Waals surface area contributed by atoms with Gasteiger partial charge >= 0.3 is 6.03 Å². The van der Waals surface area contributed by atoms with E-state index in [1.165, 1.54) is 18.4 Å². The first-order valence-corrected chi connectivity index (χ1v) is 11.4. The number of carbonyl (C=O) groups excluding carboxylic acids is 1. The molecule has 29 heavy (non-hydrogen) atoms. The van der Waals surface area contributed by atoms with Gasteiger partial charge in [-0.2, -0.15) is 0 Å². The van der Waals surface area contributed by atoms with Crippen molar-refractivity contribution in [3.63, 3.8) is 0 Å². The fourth-order valence-electron chi connectivity index (χ4n) is 7.73. The summed E-state index contributed by atoms with van der Waals surface area (Å²) in [7, 11) is 0. The van der Waals surface area contributed by atoms with Crippen molar-refractivity contribution in [2.75, 3.05) is 13.1 Å². The van der Waals surface area contributed by atoms with Gasteiger partial charge < -0.3 is 19.6 Å². The number of rotatable bonds is 4. The van der Waals surface area contributed by atoms with Crippen molar-refractivity contribution >= 4 is 6.03 Å². The summed E-state index contributed by atoms with van der Waals surface area (Å²) >= 11 is 0. The lowest BCUT2D eigenvalue weighted by Crippen LogP contribution is -2.62. The maximum Gasteiger partial charge on any atom is 0.320 e. The number of urea groups is 1. The van der Waals surface area contributed by atoms with Crippen LogP contribution in [0.5, 0.6) is 0 Å². The van der Waals surface area contributed by atoms with E-state index in [-0.39, 0.29) is 17.7 Å². The van der Waals surface area contributed by atoms with E-state index in [0.717, 1.165) is 32.2 Å². The predicted octanol–water partition coefficient (Wildman–Crippen LogP) is 3.41. The minimum absolute atomic E-state index is 0.116. The Bertz CT molecular complexity index is 798. The molecule has 3 unspecified atom stereocenters. The third kappa shape index (κ3) is 2.84. The number of aliphatic hydroxyl groups is 1. The minimum atomic E-state index is -0.438. The maximum atomic E-state index is 13.4. The van der Waals surface area contributed by atoms with Crippen LogP contribution < -0.4 is 0 Å². The van der Waals surface area contributed by atoms with Crippen molar-refractivity contribution in [3.8, 4) is 0 Å². The van der Waals surface area contributed by atoms with E-state index >= 15 is 0 Å². The lowest BCUT2D eigenvalue weighted by Gasteiger charge is -2.59. The van der Waals surface area contributed by atoms with E-state index in [9.17, 15) is 9.90 Å². The summed E-state index contributed by atoms with van der Waals surface area (Å²) in [4.78, 5) is 17.7. The Kier molecular flexibility index (Phi) is 3.90. The van der Waals surface area contributed by atoms with Gasteiger partial charge in [0.2, 0.25) is 0 Å². The Morgan fingerprint density at radius 3 is 2.48 bits per heavy atom. The number of hydrogen-bond acceptors (Lipinski definition) is 3. The third-order valence-electron chi connectivity index (χ3n) is 8.57. The molecule has 0 radical (unpaired) electrons. The molecule has 2 saturated heterocycles. The van der Waals surface area contributed by atoms with Crippen molar-refractivity contribution in [2.24, 2.45) is 17.8 Å². The van der Waals surface area contributed by atoms with Crippen LogP contribution in [-0.2, 0) is 11.3 Å². The summed E-state index contributed by atoms with van der Waals surface area (Å²) in [6, 6.07) is 10.8. The summed E-state index contributed by atoms with van der Waals surface area (Å²) in [5.41, 5.74) is 0.625. The summed E-state index contributed by atoms with van der Waals surface area (Å²) in [5.74, 6) is 1.66. The van der Waals surface area contributed by atoms with E-state index in [4.69, 9.17) is 4.74 Å². The first-order valence-electron chi connectivity index (χ1n) is 11.4. The SMILES string of the molecule is CC12C[C@@H](OCc3ccccc3)CN1C(=O)N(C1C3CC4CC1CC(O)(C4)C3)C2. The zero-order valence-electron chi connectivity index (χ0n) is 17.3. The normalized spacial score (nSPS) is 45.3. The number of hydrogen-bond donors (Lipinski definition) is 1. The van der Waals surface area contributed by atoms with Crippen LogP contribution >= 0.6 is 0 Å². The van der Waals surface area contributed by atoms with Gasteiger partial charge in [0.05, 0.1) is 23.9 Å². The van der Waals surface area contributed by atoms with Gasteiger partial charge in [0.15, 0.2) is 0 Å². The molecule has 2 amide bonds. The second-order valence-electron chi connectivity index (χ2n) is 10.8. The van der Waals surface area contributed by atoms with Crippen LogP contribution in [-0.4, -0.2) is 57.3 Å². The van der Waals surface area contributed by atoms with Crippen LogP contribution in [0.4, 0.5) is 4.79 Å². The van der Waals surface area contributed by atoms with Gasteiger partial charge in [-0.05, 0) is 62.3 Å². The zero-order valence-corrected chi connectivity index (χ0v) is 17.3. The fourth-order valence-corrected chi connectivity index (χ4v) is 7.73. The number of ether oxygens (including phenoxy) is 1. The van der Waals surface area contributed by atoms with Crippen molar-refractivity contribution < 1.29 is 14.6 Å². The molecule has 7 rings (SSSR count). The molecule has 1 N–H and O–H groups in total. The van der Waals surface area contributed by atoms with Gasteiger partial charge in [0.1, 0.15) is 0 Å². The molecule has 156 valence electrons. The molecule has 1 aromatic carbocycles. The van der Waals surface area contributed by atoms with Crippen LogP contribution in [0.25, 0.3) is 0 Å². The maximum absolute atomic E-state index is 13.4. The topological polar surface area (TPSA) is 53.0 Å². The van der Waals surface area contributed by atoms with Gasteiger partial charge in [-0.3, -0.25) is 0 Å². The van der Waals surface area contributed by atoms with Gasteiger partial charge in [0, 0.05) is 25.6 Å². The second kappa shape index (κ2) is 6.21. The molecular weight excluding hydrogens is 364 g/mol. The molecule has 5 nitrogen and oxygen atoms in total. The van der Waals surface area contributed by atoms with Crippen LogP contribution in [0.3, 0.4) is 0 Å². The summed E-state index contributed by atoms with van der Waals surface area (Å²) < 4.78 is 6.18. The molecule has 1 aromatic rings. The number of carbonyl (C=O) groups is 1. The van der Waals surface area contributed by atoms with Gasteiger partial charge in [-0.25, -0.2) is 4.79 Å². The highest BCUT2D eigenvalue weighted by Crippen LogP contribution is 2.58. The van der Waals surface area contributed by atoms with Crippen molar-refractivity contribution in [1.29, 1.82) is 0 Å². The Balaban J connectivity index is 1.14. The van der Waals surface area contributed by atoms with E-state index in [0.29, 0.717) is 36.9 Å². The Hall–Kier alpha value is -1.59. The summed E-state index contributed by atoms with van der Waals surface area (Å²) in [6.07, 6.45) is 6.22. The van der Waals surface area contributed by atoms with Crippen molar-refractivity contribution in [1.82, 2.24) is 9.80 Å². The van der Waals surface area contributed by atoms with Crippen LogP contribution in [0.15, 0.2) is 30.3 Å². The van der Waals surface area contributed by atoms with E-state index in [1.807, 2.05) is 18.2 Å². The average Bonchev–Trinajstić information content (AvgIpc) is 3.11. The van der Waals surface area contributed by atoms with Crippen molar-refractivity contribution in [2.45, 2.75) is 75.3 Å². The molecule has 4 saturated carbocycles. The molecule has 2 heterocycles. The molecule has 5 heteroatoms. The lowest BCUT2D eigenvalue weighted by molar-refractivity contribution is -0.153. The molecule has 0 aromatic heterocycles. The van der Waals surface area contributed by atoms with Crippen LogP contribution in [0.1, 0.15) is 51.0 Å². The second-order valence-corrected chi connectivity index (χ2v) is 10.8. The third-order valence-corrected chi connectivity index (χ3v) is 8.57.